The molecule has 0 radical (unpaired) electrons. The van der Waals surface area contributed by atoms with Crippen LogP contribution in [0.1, 0.15) is 25.0 Å². The molecule has 0 fully saturated rings. The second kappa shape index (κ2) is 3.96. The van der Waals surface area contributed by atoms with E-state index in [0.29, 0.717) is 11.1 Å². The van der Waals surface area contributed by atoms with Gasteiger partial charge in [0, 0.05) is 17.0 Å². The van der Waals surface area contributed by atoms with Gasteiger partial charge in [0.2, 0.25) is 0 Å². The molecule has 4 nitrogen and oxygen atoms in total. The summed E-state index contributed by atoms with van der Waals surface area (Å²) in [7, 11) is -4.32. The Balaban J connectivity index is 2.69. The average Bonchev–Trinajstić information content (AvgIpc) is 2.37. The fraction of sp³-hybridized carbons (Fsp3) is 0.231. The predicted octanol–water partition coefficient (Wildman–Crippen LogP) is 2.71. The third-order valence-corrected chi connectivity index (χ3v) is 3.66. The molecule has 2 N–H and O–H groups in total. The van der Waals surface area contributed by atoms with Gasteiger partial charge in [-0.05, 0) is 11.6 Å². The molecule has 0 saturated heterocycles. The van der Waals surface area contributed by atoms with Crippen molar-refractivity contribution in [1.82, 2.24) is 0 Å². The lowest BCUT2D eigenvalue weighted by Crippen LogP contribution is -2.00. The predicted molar refractivity (Wildman–Crippen MR) is 69.8 cm³/mol. The standard InChI is InChI=1S/C13H14O4S/c1-13(2)5-3-9-7-10(18(15,16)17)8-12(14)11(9)4-6-13/h3-8,14H,1-2H3,(H,15,16,17). The lowest BCUT2D eigenvalue weighted by molar-refractivity contribution is 0.465. The average molecular weight is 266 g/mol. The minimum absolute atomic E-state index is 0.168. The molecular weight excluding hydrogens is 252 g/mol. The van der Waals surface area contributed by atoms with Gasteiger partial charge in [-0.3, -0.25) is 4.55 Å². The number of rotatable bonds is 1. The van der Waals surface area contributed by atoms with Gasteiger partial charge in [0.05, 0.1) is 4.90 Å². The Bertz CT molecular complexity index is 652. The number of aromatic hydroxyl groups is 1. The first kappa shape index (κ1) is 12.9. The molecular formula is C13H14O4S. The van der Waals surface area contributed by atoms with E-state index in [2.05, 4.69) is 0 Å². The monoisotopic (exact) mass is 266 g/mol. The molecule has 0 aliphatic heterocycles. The van der Waals surface area contributed by atoms with Gasteiger partial charge in [-0.25, -0.2) is 0 Å². The number of hydrogen-bond acceptors (Lipinski definition) is 3. The Morgan fingerprint density at radius 2 is 1.72 bits per heavy atom. The summed E-state index contributed by atoms with van der Waals surface area (Å²) in [5.74, 6) is -0.168. The Morgan fingerprint density at radius 3 is 2.33 bits per heavy atom. The highest BCUT2D eigenvalue weighted by Gasteiger charge is 2.18. The van der Waals surface area contributed by atoms with Crippen LogP contribution in [0.2, 0.25) is 0 Å². The van der Waals surface area contributed by atoms with Crippen LogP contribution < -0.4 is 0 Å². The molecule has 0 heterocycles. The first-order valence-corrected chi connectivity index (χ1v) is 6.86. The number of phenolic OH excluding ortho intramolecular Hbond substituents is 1. The van der Waals surface area contributed by atoms with Crippen LogP contribution in [0.3, 0.4) is 0 Å². The highest BCUT2D eigenvalue weighted by Crippen LogP contribution is 2.33. The molecule has 2 rings (SSSR count). The number of fused-ring (bicyclic) bond motifs is 1. The zero-order valence-electron chi connectivity index (χ0n) is 10.1. The molecule has 0 saturated carbocycles. The quantitative estimate of drug-likeness (QED) is 0.766. The summed E-state index contributed by atoms with van der Waals surface area (Å²) in [6, 6.07) is 2.39. The molecule has 1 aromatic rings. The molecule has 1 aromatic carbocycles. The molecule has 0 atom stereocenters. The third kappa shape index (κ3) is 2.47. The highest BCUT2D eigenvalue weighted by molar-refractivity contribution is 7.85. The van der Waals surface area contributed by atoms with E-state index in [-0.39, 0.29) is 16.1 Å². The van der Waals surface area contributed by atoms with Gasteiger partial charge < -0.3 is 5.11 Å². The fourth-order valence-corrected chi connectivity index (χ4v) is 2.30. The van der Waals surface area contributed by atoms with Gasteiger partial charge in [-0.2, -0.15) is 8.42 Å². The van der Waals surface area contributed by atoms with E-state index in [0.717, 1.165) is 6.07 Å². The van der Waals surface area contributed by atoms with Crippen LogP contribution in [-0.2, 0) is 10.1 Å². The highest BCUT2D eigenvalue weighted by atomic mass is 32.2. The maximum atomic E-state index is 11.1. The minimum Gasteiger partial charge on any atom is -0.507 e. The Labute approximate surface area is 106 Å². The zero-order valence-corrected chi connectivity index (χ0v) is 10.9. The Kier molecular flexibility index (Phi) is 2.83. The van der Waals surface area contributed by atoms with Crippen molar-refractivity contribution < 1.29 is 18.1 Å². The second-order valence-electron chi connectivity index (χ2n) is 4.91. The normalized spacial score (nSPS) is 17.3. The maximum Gasteiger partial charge on any atom is 0.294 e. The molecule has 1 aliphatic carbocycles. The van der Waals surface area contributed by atoms with Crippen LogP contribution >= 0.6 is 0 Å². The second-order valence-corrected chi connectivity index (χ2v) is 6.33. The van der Waals surface area contributed by atoms with E-state index in [9.17, 15) is 13.5 Å². The summed E-state index contributed by atoms with van der Waals surface area (Å²) in [4.78, 5) is -0.309. The molecule has 96 valence electrons. The van der Waals surface area contributed by atoms with Crippen molar-refractivity contribution in [2.75, 3.05) is 0 Å². The molecule has 0 unspecified atom stereocenters. The molecule has 0 spiro atoms. The van der Waals surface area contributed by atoms with Gasteiger partial charge >= 0.3 is 0 Å². The first-order valence-electron chi connectivity index (χ1n) is 5.42. The summed E-state index contributed by atoms with van der Waals surface area (Å²) in [5, 5.41) is 9.84. The van der Waals surface area contributed by atoms with E-state index in [1.165, 1.54) is 6.07 Å². The van der Waals surface area contributed by atoms with Gasteiger partial charge in [0.1, 0.15) is 5.75 Å². The van der Waals surface area contributed by atoms with Gasteiger partial charge in [0.15, 0.2) is 0 Å². The summed E-state index contributed by atoms with van der Waals surface area (Å²) in [6.45, 7) is 3.99. The smallest absolute Gasteiger partial charge is 0.294 e. The third-order valence-electron chi connectivity index (χ3n) is 2.83. The number of phenols is 1. The van der Waals surface area contributed by atoms with E-state index in [1.54, 1.807) is 12.2 Å². The number of hydrogen-bond donors (Lipinski definition) is 2. The van der Waals surface area contributed by atoms with Crippen molar-refractivity contribution in [3.8, 4) is 5.75 Å². The molecule has 1 aliphatic rings. The van der Waals surface area contributed by atoms with Crippen molar-refractivity contribution in [3.63, 3.8) is 0 Å². The summed E-state index contributed by atoms with van der Waals surface area (Å²) >= 11 is 0. The molecule has 5 heteroatoms. The van der Waals surface area contributed by atoms with E-state index < -0.39 is 10.1 Å². The zero-order chi connectivity index (χ0) is 13.6. The lowest BCUT2D eigenvalue weighted by atomic mass is 9.93. The topological polar surface area (TPSA) is 74.6 Å². The molecule has 0 bridgehead atoms. The molecule has 0 aromatic heterocycles. The van der Waals surface area contributed by atoms with Gasteiger partial charge in [-0.15, -0.1) is 0 Å². The Hall–Kier alpha value is -1.59. The lowest BCUT2D eigenvalue weighted by Gasteiger charge is -2.12. The first-order chi connectivity index (χ1) is 8.19. The van der Waals surface area contributed by atoms with Crippen LogP contribution in [-0.4, -0.2) is 18.1 Å². The van der Waals surface area contributed by atoms with Crippen molar-refractivity contribution in [1.29, 1.82) is 0 Å². The van der Waals surface area contributed by atoms with Gasteiger partial charge in [0.25, 0.3) is 10.1 Å². The number of benzene rings is 1. The molecule has 0 amide bonds. The SMILES string of the molecule is CC1(C)C=Cc2cc(S(=O)(=O)O)cc(O)c2C=C1. The van der Waals surface area contributed by atoms with E-state index >= 15 is 0 Å². The van der Waals surface area contributed by atoms with Crippen LogP contribution in [0.5, 0.6) is 5.75 Å². The largest absolute Gasteiger partial charge is 0.507 e. The minimum atomic E-state index is -4.32. The Morgan fingerprint density at radius 1 is 1.11 bits per heavy atom. The van der Waals surface area contributed by atoms with Crippen molar-refractivity contribution in [3.05, 3.63) is 35.4 Å². The van der Waals surface area contributed by atoms with E-state index in [4.69, 9.17) is 4.55 Å². The van der Waals surface area contributed by atoms with Crippen molar-refractivity contribution in [2.45, 2.75) is 18.7 Å². The molecule has 18 heavy (non-hydrogen) atoms. The fourth-order valence-electron chi connectivity index (χ4n) is 1.76. The van der Waals surface area contributed by atoms with Crippen LogP contribution in [0.4, 0.5) is 0 Å². The maximum absolute atomic E-state index is 11.1. The van der Waals surface area contributed by atoms with Crippen LogP contribution in [0.25, 0.3) is 12.2 Å². The van der Waals surface area contributed by atoms with E-state index in [1.807, 2.05) is 26.0 Å². The summed E-state index contributed by atoms with van der Waals surface area (Å²) in [6.07, 6.45) is 7.31. The van der Waals surface area contributed by atoms with Crippen molar-refractivity contribution >= 4 is 22.3 Å². The van der Waals surface area contributed by atoms with Gasteiger partial charge in [-0.1, -0.05) is 38.2 Å². The number of allylic oxidation sites excluding steroid dienone is 2. The van der Waals surface area contributed by atoms with Crippen LogP contribution in [0.15, 0.2) is 29.2 Å². The van der Waals surface area contributed by atoms with Crippen molar-refractivity contribution in [2.24, 2.45) is 5.41 Å². The summed E-state index contributed by atoms with van der Waals surface area (Å²) < 4.78 is 31.2. The summed E-state index contributed by atoms with van der Waals surface area (Å²) in [5.41, 5.74) is 0.928. The van der Waals surface area contributed by atoms with Crippen LogP contribution in [0, 0.1) is 5.41 Å².